The molecular formula is C21H17ClF3N3O2. The van der Waals surface area contributed by atoms with Gasteiger partial charge in [0.05, 0.1) is 34.2 Å². The standard InChI is InChI=1S/C21H17ClF3N3O2/c22-13-5-16(17-8-26-10-28(17)9-13)20(30)6-14-15(7-20)18(14)27-19(29)11-2-1-3-12(4-11)21(23,24)25/h1-5,8-10,14-15,18,30H,6-7H2,(H,27,29). The highest BCUT2D eigenvalue weighted by molar-refractivity contribution is 6.30. The van der Waals surface area contributed by atoms with Gasteiger partial charge in [-0.05, 0) is 48.9 Å². The van der Waals surface area contributed by atoms with E-state index in [1.807, 2.05) is 0 Å². The van der Waals surface area contributed by atoms with E-state index in [4.69, 9.17) is 11.6 Å². The van der Waals surface area contributed by atoms with Crippen LogP contribution >= 0.6 is 11.6 Å². The highest BCUT2D eigenvalue weighted by Crippen LogP contribution is 2.60. The molecule has 2 atom stereocenters. The van der Waals surface area contributed by atoms with E-state index in [2.05, 4.69) is 10.3 Å². The highest BCUT2D eigenvalue weighted by Gasteiger charge is 2.62. The van der Waals surface area contributed by atoms with Crippen LogP contribution in [0.4, 0.5) is 13.2 Å². The number of benzene rings is 1. The van der Waals surface area contributed by atoms with Gasteiger partial charge in [-0.15, -0.1) is 0 Å². The summed E-state index contributed by atoms with van der Waals surface area (Å²) in [6.07, 6.45) is 1.37. The summed E-state index contributed by atoms with van der Waals surface area (Å²) in [7, 11) is 0. The van der Waals surface area contributed by atoms with Gasteiger partial charge < -0.3 is 14.8 Å². The molecule has 1 amide bonds. The quantitative estimate of drug-likeness (QED) is 0.652. The molecule has 0 bridgehead atoms. The topological polar surface area (TPSA) is 66.6 Å². The molecule has 1 aromatic carbocycles. The van der Waals surface area contributed by atoms with E-state index in [-0.39, 0.29) is 23.4 Å². The van der Waals surface area contributed by atoms with Gasteiger partial charge >= 0.3 is 6.18 Å². The number of hydrogen-bond donors (Lipinski definition) is 2. The lowest BCUT2D eigenvalue weighted by atomic mass is 9.88. The van der Waals surface area contributed by atoms with Gasteiger partial charge in [0.15, 0.2) is 0 Å². The fourth-order valence-corrected chi connectivity index (χ4v) is 4.96. The summed E-state index contributed by atoms with van der Waals surface area (Å²) < 4.78 is 40.4. The molecule has 9 heteroatoms. The van der Waals surface area contributed by atoms with E-state index >= 15 is 0 Å². The molecule has 0 saturated heterocycles. The molecule has 3 aromatic rings. The lowest BCUT2D eigenvalue weighted by molar-refractivity contribution is -0.137. The Balaban J connectivity index is 1.30. The van der Waals surface area contributed by atoms with Crippen molar-refractivity contribution in [3.8, 4) is 0 Å². The van der Waals surface area contributed by atoms with Gasteiger partial charge in [0.25, 0.3) is 5.91 Å². The number of fused-ring (bicyclic) bond motifs is 2. The molecule has 5 nitrogen and oxygen atoms in total. The van der Waals surface area contributed by atoms with Gasteiger partial charge in [0.1, 0.15) is 0 Å². The second kappa shape index (κ2) is 6.46. The molecule has 30 heavy (non-hydrogen) atoms. The molecule has 0 radical (unpaired) electrons. The summed E-state index contributed by atoms with van der Waals surface area (Å²) in [5.41, 5.74) is -0.499. The van der Waals surface area contributed by atoms with E-state index in [0.29, 0.717) is 23.4 Å². The van der Waals surface area contributed by atoms with Crippen LogP contribution in [-0.4, -0.2) is 26.4 Å². The molecule has 156 valence electrons. The number of alkyl halides is 3. The SMILES string of the molecule is O=C(NC1C2CC(O)(c3cc(Cl)cn4cncc34)CC21)c1cccc(C(F)(F)F)c1. The summed E-state index contributed by atoms with van der Waals surface area (Å²) in [4.78, 5) is 16.6. The maximum Gasteiger partial charge on any atom is 0.416 e. The molecule has 2 aromatic heterocycles. The molecular weight excluding hydrogens is 419 g/mol. The summed E-state index contributed by atoms with van der Waals surface area (Å²) in [5.74, 6) is -0.414. The van der Waals surface area contributed by atoms with Gasteiger partial charge in [-0.1, -0.05) is 17.7 Å². The largest absolute Gasteiger partial charge is 0.416 e. The lowest BCUT2D eigenvalue weighted by Crippen LogP contribution is -2.33. The van der Waals surface area contributed by atoms with Crippen LogP contribution < -0.4 is 5.32 Å². The minimum Gasteiger partial charge on any atom is -0.385 e. The van der Waals surface area contributed by atoms with Crippen molar-refractivity contribution >= 4 is 23.0 Å². The molecule has 2 unspecified atom stereocenters. The fourth-order valence-electron chi connectivity index (χ4n) is 4.74. The number of amides is 1. The Kier molecular flexibility index (Phi) is 4.17. The predicted octanol–water partition coefficient (Wildman–Crippen LogP) is 4.03. The van der Waals surface area contributed by atoms with Crippen molar-refractivity contribution in [1.29, 1.82) is 0 Å². The van der Waals surface area contributed by atoms with Crippen LogP contribution in [0.2, 0.25) is 5.02 Å². The molecule has 5 rings (SSSR count). The number of aliphatic hydroxyl groups is 1. The van der Waals surface area contributed by atoms with Crippen molar-refractivity contribution in [2.75, 3.05) is 0 Å². The van der Waals surface area contributed by atoms with E-state index in [9.17, 15) is 23.1 Å². The fraction of sp³-hybridized carbons (Fsp3) is 0.333. The predicted molar refractivity (Wildman–Crippen MR) is 103 cm³/mol. The second-order valence-electron chi connectivity index (χ2n) is 8.10. The van der Waals surface area contributed by atoms with Gasteiger partial charge in [0.2, 0.25) is 0 Å². The summed E-state index contributed by atoms with van der Waals surface area (Å²) in [6, 6.07) is 5.95. The van der Waals surface area contributed by atoms with Gasteiger partial charge in [0, 0.05) is 23.4 Å². The van der Waals surface area contributed by atoms with Crippen LogP contribution in [0.1, 0.15) is 34.3 Å². The Morgan fingerprint density at radius 3 is 2.70 bits per heavy atom. The first kappa shape index (κ1) is 19.4. The Morgan fingerprint density at radius 1 is 1.27 bits per heavy atom. The van der Waals surface area contributed by atoms with Crippen LogP contribution in [0.25, 0.3) is 5.52 Å². The number of halogens is 4. The lowest BCUT2D eigenvalue weighted by Gasteiger charge is -2.27. The number of aromatic nitrogens is 2. The number of rotatable bonds is 3. The van der Waals surface area contributed by atoms with Crippen molar-refractivity contribution < 1.29 is 23.1 Å². The number of pyridine rings is 1. The van der Waals surface area contributed by atoms with Crippen molar-refractivity contribution in [3.63, 3.8) is 0 Å². The highest BCUT2D eigenvalue weighted by atomic mass is 35.5. The van der Waals surface area contributed by atoms with Crippen molar-refractivity contribution in [2.24, 2.45) is 11.8 Å². The summed E-state index contributed by atoms with van der Waals surface area (Å²) >= 11 is 6.18. The Labute approximate surface area is 174 Å². The Hall–Kier alpha value is -2.58. The second-order valence-corrected chi connectivity index (χ2v) is 8.54. The molecule has 2 saturated carbocycles. The van der Waals surface area contributed by atoms with Crippen molar-refractivity contribution in [3.05, 3.63) is 70.8 Å². The number of carbonyl (C=O) groups excluding carboxylic acids is 1. The maximum atomic E-state index is 12.9. The van der Waals surface area contributed by atoms with E-state index in [1.54, 1.807) is 29.2 Å². The number of imidazole rings is 1. The zero-order valence-electron chi connectivity index (χ0n) is 15.5. The molecule has 2 aliphatic carbocycles. The molecule has 2 N–H and O–H groups in total. The third-order valence-corrected chi connectivity index (χ3v) is 6.42. The maximum absolute atomic E-state index is 12.9. The normalized spacial score (nSPS) is 27.8. The first-order valence-corrected chi connectivity index (χ1v) is 9.86. The Morgan fingerprint density at radius 2 is 2.00 bits per heavy atom. The summed E-state index contributed by atoms with van der Waals surface area (Å²) in [6.45, 7) is 0. The van der Waals surface area contributed by atoms with Crippen LogP contribution in [0.5, 0.6) is 0 Å². The molecule has 0 spiro atoms. The first-order valence-electron chi connectivity index (χ1n) is 9.48. The average Bonchev–Trinajstić information content (AvgIpc) is 3.03. The van der Waals surface area contributed by atoms with E-state index < -0.39 is 23.2 Å². The van der Waals surface area contributed by atoms with Gasteiger partial charge in [-0.2, -0.15) is 13.2 Å². The van der Waals surface area contributed by atoms with E-state index in [0.717, 1.165) is 17.6 Å². The van der Waals surface area contributed by atoms with Crippen LogP contribution in [0, 0.1) is 11.8 Å². The molecule has 2 aliphatic rings. The molecule has 2 fully saturated rings. The average molecular weight is 436 g/mol. The van der Waals surface area contributed by atoms with Crippen molar-refractivity contribution in [1.82, 2.24) is 14.7 Å². The van der Waals surface area contributed by atoms with Crippen molar-refractivity contribution in [2.45, 2.75) is 30.7 Å². The third-order valence-electron chi connectivity index (χ3n) is 6.22. The number of nitrogens with one attached hydrogen (secondary N) is 1. The monoisotopic (exact) mass is 435 g/mol. The van der Waals surface area contributed by atoms with Gasteiger partial charge in [-0.3, -0.25) is 4.79 Å². The van der Waals surface area contributed by atoms with E-state index in [1.165, 1.54) is 12.1 Å². The zero-order chi connectivity index (χ0) is 21.3. The minimum absolute atomic E-state index is 0.0270. The summed E-state index contributed by atoms with van der Waals surface area (Å²) in [5, 5.41) is 14.6. The Bertz CT molecular complexity index is 1150. The zero-order valence-corrected chi connectivity index (χ0v) is 16.3. The van der Waals surface area contributed by atoms with Crippen LogP contribution in [0.15, 0.2) is 49.1 Å². The van der Waals surface area contributed by atoms with Gasteiger partial charge in [-0.25, -0.2) is 4.98 Å². The van der Waals surface area contributed by atoms with Crippen LogP contribution in [0.3, 0.4) is 0 Å². The number of nitrogens with zero attached hydrogens (tertiary/aromatic N) is 2. The molecule has 0 aliphatic heterocycles. The third kappa shape index (κ3) is 3.15. The number of carbonyl (C=O) groups is 1. The smallest absolute Gasteiger partial charge is 0.385 e. The first-order chi connectivity index (χ1) is 14.2. The number of hydrogen-bond acceptors (Lipinski definition) is 3. The minimum atomic E-state index is -4.50. The molecule has 2 heterocycles. The van der Waals surface area contributed by atoms with Crippen LogP contribution in [-0.2, 0) is 11.8 Å².